The van der Waals surface area contributed by atoms with Crippen molar-refractivity contribution in [3.05, 3.63) is 202 Å². The number of aromatic amines is 2. The van der Waals surface area contributed by atoms with E-state index in [4.69, 9.17) is 57.7 Å². The summed E-state index contributed by atoms with van der Waals surface area (Å²) in [4.78, 5) is 47.9. The number of ether oxygens (including phenoxy) is 7. The van der Waals surface area contributed by atoms with Gasteiger partial charge in [0.05, 0.1) is 61.5 Å². The van der Waals surface area contributed by atoms with Crippen LogP contribution in [0.15, 0.2) is 181 Å². The van der Waals surface area contributed by atoms with Gasteiger partial charge in [0.2, 0.25) is 5.88 Å². The number of hydrogen-bond donors (Lipinski definition) is 10. The molecule has 0 atom stereocenters. The third-order valence-electron chi connectivity index (χ3n) is 20.2. The number of nitrogens with zero attached hydrogens (tertiary/aromatic N) is 12. The number of hydrogen-bond acceptors (Lipinski definition) is 27. The third-order valence-corrected chi connectivity index (χ3v) is 20.8. The van der Waals surface area contributed by atoms with E-state index in [1.54, 1.807) is 44.2 Å². The number of rotatable bonds is 18. The number of carbonyl (C=O) groups is 2. The Morgan fingerprint density at radius 3 is 1.16 bits per heavy atom. The maximum absolute atomic E-state index is 12.6. The van der Waals surface area contributed by atoms with Crippen LogP contribution in [0.2, 0.25) is 15.5 Å². The second-order valence-corrected chi connectivity index (χ2v) is 39.3. The molecule has 143 heavy (non-hydrogen) atoms. The maximum Gasteiger partial charge on any atom is 0.573 e. The lowest BCUT2D eigenvalue weighted by Crippen LogP contribution is -2.37. The van der Waals surface area contributed by atoms with Gasteiger partial charge < -0.3 is 81.7 Å². The van der Waals surface area contributed by atoms with Crippen molar-refractivity contribution < 1.29 is 128 Å². The molecule has 0 unspecified atom stereocenters. The summed E-state index contributed by atoms with van der Waals surface area (Å²) in [5.41, 5.74) is 27.4. The van der Waals surface area contributed by atoms with Gasteiger partial charge in [-0.1, -0.05) is 103 Å². The van der Waals surface area contributed by atoms with E-state index in [0.717, 1.165) is 74.1 Å². The number of halogens is 21. The molecule has 9 aromatic heterocycles. The quantitative estimate of drug-likeness (QED) is 0.0125. The van der Waals surface area contributed by atoms with Crippen molar-refractivity contribution in [2.24, 2.45) is 17.6 Å². The van der Waals surface area contributed by atoms with Crippen LogP contribution in [0.25, 0.3) is 78.2 Å². The number of aliphatic hydroxyl groups is 2. The van der Waals surface area contributed by atoms with Crippen molar-refractivity contribution in [2.75, 3.05) is 35.7 Å². The Kier molecular flexibility index (Phi) is 40.1. The van der Waals surface area contributed by atoms with Crippen LogP contribution in [0.5, 0.6) is 34.6 Å². The van der Waals surface area contributed by atoms with Gasteiger partial charge in [0.25, 0.3) is 5.56 Å². The highest BCUT2D eigenvalue weighted by molar-refractivity contribution is 8.24. The Hall–Kier alpha value is -12.7. The Labute approximate surface area is 831 Å². The molecule has 0 saturated heterocycles. The molecule has 2 aliphatic carbocycles. The number of fused-ring (bicyclic) bond motifs is 4. The average molecular weight is 2170 g/mol. The monoisotopic (exact) mass is 2160 g/mol. The first-order valence-corrected chi connectivity index (χ1v) is 47.2. The van der Waals surface area contributed by atoms with E-state index in [0.29, 0.717) is 96.2 Å². The molecule has 2 saturated carbocycles. The lowest BCUT2D eigenvalue weighted by atomic mass is 9.77. The topological polar surface area (TPSA) is 462 Å². The molecule has 5 aromatic carbocycles. The van der Waals surface area contributed by atoms with Crippen LogP contribution in [0.1, 0.15) is 107 Å². The molecule has 0 spiro atoms. The molecule has 0 amide bonds. The molecule has 2 aliphatic rings. The summed E-state index contributed by atoms with van der Waals surface area (Å²) in [6, 6.07) is 33.4. The molecule has 16 rings (SSSR count). The normalized spacial score (nSPS) is 15.0. The Morgan fingerprint density at radius 2 is 0.797 bits per heavy atom. The second-order valence-electron chi connectivity index (χ2n) is 31.5. The van der Waals surface area contributed by atoms with Crippen LogP contribution in [0.3, 0.4) is 0 Å². The number of aromatic hydroxyl groups is 1. The molecular weight excluding hydrogens is 2080 g/mol. The van der Waals surface area contributed by atoms with Crippen molar-refractivity contribution in [1.29, 1.82) is 0 Å². The minimum absolute atomic E-state index is 0. The van der Waals surface area contributed by atoms with Crippen LogP contribution in [0.4, 0.5) is 89.1 Å². The molecule has 9 heterocycles. The van der Waals surface area contributed by atoms with Crippen LogP contribution in [-0.2, 0) is 23.6 Å². The smallest absolute Gasteiger partial charge is 0.493 e. The molecule has 0 bridgehead atoms. The average Bonchev–Trinajstić information content (AvgIpc) is 1.69. The first-order valence-electron chi connectivity index (χ1n) is 41.7. The number of carbonyl (C=O) groups excluding carboxylic acids is 2. The lowest BCUT2D eigenvalue weighted by Gasteiger charge is -2.36. The van der Waals surface area contributed by atoms with Crippen molar-refractivity contribution >= 4 is 132 Å². The minimum Gasteiger partial charge on any atom is -0.493 e. The first-order chi connectivity index (χ1) is 66.1. The summed E-state index contributed by atoms with van der Waals surface area (Å²) < 4.78 is 228. The van der Waals surface area contributed by atoms with E-state index < -0.39 is 71.5 Å². The second kappa shape index (κ2) is 49.5. The summed E-state index contributed by atoms with van der Waals surface area (Å²) >= 11 is 31.5. The van der Waals surface area contributed by atoms with Crippen LogP contribution in [0, 0.1) is 11.8 Å². The molecule has 55 heteroatoms. The molecule has 774 valence electrons. The van der Waals surface area contributed by atoms with Crippen LogP contribution < -0.4 is 57.5 Å². The van der Waals surface area contributed by atoms with Gasteiger partial charge in [-0.05, 0) is 227 Å². The number of alkyl halides is 15. The number of nitrogen functional groups attached to an aromatic ring is 3. The summed E-state index contributed by atoms with van der Waals surface area (Å²) in [7, 11) is 0. The number of anilines is 4. The molecule has 0 aliphatic heterocycles. The zero-order chi connectivity index (χ0) is 105. The van der Waals surface area contributed by atoms with Gasteiger partial charge in [-0.2, -0.15) is 39.0 Å². The standard InChI is InChI=1S/C22H26F3N5O2.C13H6Cl2F3N3O.C13H8ClF3N4O.C13H8F3N3O3.C10H8F3N3O.C9H19NO.C7H12O4.CH4.Cl3OP/c1-21(2,31)14-6-8-15(9-7-14)28-19-11-18(26)30-20(29-19)17(12-27-30)13-4-3-5-16(10-13)32-22(23,24)25;14-10-5-11(15)21-12(20-10)9(6-19-21)7-2-1-3-8(4-7)22-13(16,17)18;14-10-5-11(18)21-12(20-10)9(6-19-21)7-2-1-3-8(4-7)22-13(15,16)17;14-13(15,16)22-8-3-1-2-7(4-8)9-6-17-19-11(21)5-10(20)18-12(9)19;11-10(12,13)17-7-3-1-2-6(4-7)8-5-15-16-9(8)14;1-9(2,11)7-3-5-8(10)6-4-7;1-3-10-6(8)5-7(9)11-4-2;;1-5(2,3)4/h3-5,10-12,14-15,31H,6-9,26H2,1-2H3,(H,28,29);1-6H;1-6H,18H2;1-6,21H,(H,18,20);1-5H,(H3,14,15,16);7-8,11H,3-6,10H2,1-2H3;3-5H2,1-2H3;1H4;. The number of nitrogens with one attached hydrogen (secondary N) is 3. The summed E-state index contributed by atoms with van der Waals surface area (Å²) in [5, 5.41) is 52.7. The number of H-pyrrole nitrogens is 2. The Bertz CT molecular complexity index is 6550. The number of nitrogens with two attached hydrogens (primary N) is 4. The number of aromatic nitrogens is 14. The molecule has 14 aromatic rings. The summed E-state index contributed by atoms with van der Waals surface area (Å²) in [6.07, 6.45) is -9.00. The highest BCUT2D eigenvalue weighted by Crippen LogP contribution is 2.61. The molecule has 33 nitrogen and oxygen atoms in total. The highest BCUT2D eigenvalue weighted by atomic mass is 36.0. The van der Waals surface area contributed by atoms with Crippen molar-refractivity contribution in [3.8, 4) is 90.3 Å². The SMILES string of the molecule is C.CC(C)(O)C1CCC(N)CC1.CC(C)(O)C1CCC(Nc2cc(N)n3ncc(-c4cccc(OC(F)(F)F)c4)c3n2)CC1.CCOC(=O)CC(=O)OCC.FC(F)(F)Oc1cccc(-c2cnn3c(Cl)cc(Cl)nc23)c1.Nc1[nH]ncc1-c1cccc(OC(F)(F)F)c1.Nc1cc(Cl)nc2c(-c3cccc(OC(F)(F)F)c3)cnn12.O=P(Cl)(Cl)Cl.O=c1cc(O)n2ncc(-c3cccc(OC(F)(F)F)c3)c2[nH]1. The predicted octanol–water partition coefficient (Wildman–Crippen LogP) is 22.8. The van der Waals surface area contributed by atoms with E-state index in [1.807, 2.05) is 27.7 Å². The summed E-state index contributed by atoms with van der Waals surface area (Å²) in [5.74, 6) is -0.930. The Morgan fingerprint density at radius 1 is 0.469 bits per heavy atom. The van der Waals surface area contributed by atoms with E-state index in [1.165, 1.54) is 142 Å². The number of esters is 2. The van der Waals surface area contributed by atoms with Crippen LogP contribution >= 0.6 is 73.7 Å². The Balaban J connectivity index is 0.000000207. The van der Waals surface area contributed by atoms with Crippen LogP contribution in [-0.4, -0.2) is 164 Å². The van der Waals surface area contributed by atoms with E-state index in [2.05, 4.69) is 123 Å². The summed E-state index contributed by atoms with van der Waals surface area (Å²) in [6.45, 7) is 11.4. The molecule has 14 N–H and O–H groups in total. The maximum atomic E-state index is 12.6. The van der Waals surface area contributed by atoms with Crippen molar-refractivity contribution in [3.63, 3.8) is 0 Å². The highest BCUT2D eigenvalue weighted by Gasteiger charge is 2.37. The van der Waals surface area contributed by atoms with Gasteiger partial charge in [-0.15, -0.1) is 65.9 Å². The van der Waals surface area contributed by atoms with E-state index in [-0.39, 0.29) is 101 Å². The van der Waals surface area contributed by atoms with E-state index >= 15 is 0 Å². The zero-order valence-corrected chi connectivity index (χ0v) is 80.2. The van der Waals surface area contributed by atoms with Gasteiger partial charge in [0.1, 0.15) is 79.5 Å². The fourth-order valence-electron chi connectivity index (χ4n) is 14.1. The molecule has 2 fully saturated rings. The first kappa shape index (κ1) is 116. The van der Waals surface area contributed by atoms with Gasteiger partial charge in [0.15, 0.2) is 16.9 Å². The number of benzene rings is 5. The van der Waals surface area contributed by atoms with Gasteiger partial charge in [-0.25, -0.2) is 19.5 Å². The lowest BCUT2D eigenvalue weighted by molar-refractivity contribution is -0.275. The fraction of sp³-hybridized carbons (Fsp3) is 0.330. The van der Waals surface area contributed by atoms with Gasteiger partial charge in [0, 0.05) is 58.1 Å². The van der Waals surface area contributed by atoms with Gasteiger partial charge >= 0.3 is 49.0 Å². The van der Waals surface area contributed by atoms with Gasteiger partial charge in [-0.3, -0.25) is 24.0 Å². The molecule has 0 radical (unpaired) electrons. The van der Waals surface area contributed by atoms with E-state index in [9.17, 15) is 100 Å². The predicted molar refractivity (Wildman–Crippen MR) is 506 cm³/mol. The zero-order valence-electron chi connectivity index (χ0n) is 74.7. The van der Waals surface area contributed by atoms with Crippen molar-refractivity contribution in [2.45, 2.75) is 162 Å². The minimum atomic E-state index is -4.80. The fourth-order valence-corrected chi connectivity index (χ4v) is 14.7. The third kappa shape index (κ3) is 36.9. The van der Waals surface area contributed by atoms with Crippen molar-refractivity contribution in [1.82, 2.24) is 68.6 Å². The largest absolute Gasteiger partial charge is 0.573 e. The molecular formula is C88H91Cl6F15N19O14P.